The molecule has 0 fully saturated rings. The van der Waals surface area contributed by atoms with Gasteiger partial charge in [0, 0.05) is 5.54 Å². The van der Waals surface area contributed by atoms with E-state index >= 15 is 0 Å². The number of carbonyl (C=O) groups is 1. The topological polar surface area (TPSA) is 71.8 Å². The predicted molar refractivity (Wildman–Crippen MR) is 77.7 cm³/mol. The van der Waals surface area contributed by atoms with Gasteiger partial charge in [-0.25, -0.2) is 9.67 Å². The molecule has 0 saturated carbocycles. The van der Waals surface area contributed by atoms with Gasteiger partial charge in [0.1, 0.15) is 12.7 Å². The fourth-order valence-corrected chi connectivity index (χ4v) is 1.65. The molecule has 0 unspecified atom stereocenters. The maximum absolute atomic E-state index is 12.0. The first-order chi connectivity index (χ1) is 9.46. The highest BCUT2D eigenvalue weighted by Gasteiger charge is 2.13. The number of carbonyl (C=O) groups excluding carboxylic acids is 1. The molecule has 1 aromatic carbocycles. The summed E-state index contributed by atoms with van der Waals surface area (Å²) in [6, 6.07) is 7.47. The summed E-state index contributed by atoms with van der Waals surface area (Å²) in [5, 5.41) is 10.1. The number of amides is 1. The van der Waals surface area contributed by atoms with Crippen LogP contribution in [0, 0.1) is 0 Å². The minimum absolute atomic E-state index is 0.0903. The quantitative estimate of drug-likeness (QED) is 0.887. The number of rotatable bonds is 4. The lowest BCUT2D eigenvalue weighted by Crippen LogP contribution is -2.41. The van der Waals surface area contributed by atoms with E-state index in [4.69, 9.17) is 0 Å². The van der Waals surface area contributed by atoms with E-state index in [1.54, 1.807) is 11.0 Å². The standard InChI is InChI=1S/C14H19N5O/c1-14(2,3)16-8-13(20)18-11-6-4-5-7-12(11)19-10-15-9-17-19/h4-7,9-10,16H,8H2,1-3H3,(H,18,20). The van der Waals surface area contributed by atoms with Crippen molar-refractivity contribution in [1.82, 2.24) is 20.1 Å². The average Bonchev–Trinajstić information content (AvgIpc) is 2.90. The fraction of sp³-hybridized carbons (Fsp3) is 0.357. The number of para-hydroxylation sites is 2. The monoisotopic (exact) mass is 273 g/mol. The maximum atomic E-state index is 12.0. The van der Waals surface area contributed by atoms with Gasteiger partial charge in [-0.3, -0.25) is 4.79 Å². The van der Waals surface area contributed by atoms with Crippen LogP contribution in [0.2, 0.25) is 0 Å². The molecule has 2 rings (SSSR count). The second kappa shape index (κ2) is 5.83. The molecule has 0 aliphatic carbocycles. The SMILES string of the molecule is CC(C)(C)NCC(=O)Nc1ccccc1-n1cncn1. The first kappa shape index (κ1) is 14.2. The van der Waals surface area contributed by atoms with Crippen LogP contribution < -0.4 is 10.6 Å². The van der Waals surface area contributed by atoms with E-state index in [0.717, 1.165) is 5.69 Å². The van der Waals surface area contributed by atoms with Crippen LogP contribution >= 0.6 is 0 Å². The lowest BCUT2D eigenvalue weighted by atomic mass is 10.1. The molecule has 20 heavy (non-hydrogen) atoms. The molecular formula is C14H19N5O. The van der Waals surface area contributed by atoms with E-state index in [-0.39, 0.29) is 18.0 Å². The van der Waals surface area contributed by atoms with E-state index < -0.39 is 0 Å². The number of nitrogens with zero attached hydrogens (tertiary/aromatic N) is 3. The van der Waals surface area contributed by atoms with Crippen molar-refractivity contribution in [2.75, 3.05) is 11.9 Å². The van der Waals surface area contributed by atoms with Crippen molar-refractivity contribution in [3.8, 4) is 5.69 Å². The largest absolute Gasteiger partial charge is 0.323 e. The lowest BCUT2D eigenvalue weighted by molar-refractivity contribution is -0.115. The molecule has 0 spiro atoms. The van der Waals surface area contributed by atoms with Gasteiger partial charge < -0.3 is 10.6 Å². The second-order valence-corrected chi connectivity index (χ2v) is 5.51. The summed E-state index contributed by atoms with van der Waals surface area (Å²) in [6.07, 6.45) is 3.05. The first-order valence-corrected chi connectivity index (χ1v) is 6.44. The predicted octanol–water partition coefficient (Wildman–Crippen LogP) is 1.59. The Morgan fingerprint density at radius 3 is 2.70 bits per heavy atom. The molecule has 0 radical (unpaired) electrons. The lowest BCUT2D eigenvalue weighted by Gasteiger charge is -2.20. The van der Waals surface area contributed by atoms with E-state index in [9.17, 15) is 4.79 Å². The third-order valence-corrected chi connectivity index (χ3v) is 2.62. The van der Waals surface area contributed by atoms with Crippen molar-refractivity contribution in [3.63, 3.8) is 0 Å². The molecule has 1 heterocycles. The van der Waals surface area contributed by atoms with Gasteiger partial charge in [-0.05, 0) is 32.9 Å². The van der Waals surface area contributed by atoms with Gasteiger partial charge in [-0.15, -0.1) is 0 Å². The second-order valence-electron chi connectivity index (χ2n) is 5.51. The van der Waals surface area contributed by atoms with Crippen LogP contribution in [0.15, 0.2) is 36.9 Å². The van der Waals surface area contributed by atoms with Crippen LogP contribution in [-0.2, 0) is 4.79 Å². The Kier molecular flexibility index (Phi) is 4.14. The zero-order chi connectivity index (χ0) is 14.6. The molecule has 0 saturated heterocycles. The van der Waals surface area contributed by atoms with E-state index in [1.165, 1.54) is 6.33 Å². The number of nitrogens with one attached hydrogen (secondary N) is 2. The Labute approximate surface area is 118 Å². The summed E-state index contributed by atoms with van der Waals surface area (Å²) in [6.45, 7) is 6.31. The van der Waals surface area contributed by atoms with Crippen molar-refractivity contribution >= 4 is 11.6 Å². The van der Waals surface area contributed by atoms with Crippen LogP contribution in [0.25, 0.3) is 5.69 Å². The molecule has 1 aromatic heterocycles. The van der Waals surface area contributed by atoms with Gasteiger partial charge in [0.2, 0.25) is 5.91 Å². The molecule has 1 amide bonds. The average molecular weight is 273 g/mol. The fourth-order valence-electron chi connectivity index (χ4n) is 1.65. The molecule has 106 valence electrons. The molecule has 0 bridgehead atoms. The molecule has 2 N–H and O–H groups in total. The van der Waals surface area contributed by atoms with E-state index in [1.807, 2.05) is 45.0 Å². The molecular weight excluding hydrogens is 254 g/mol. The van der Waals surface area contributed by atoms with Gasteiger partial charge >= 0.3 is 0 Å². The summed E-state index contributed by atoms with van der Waals surface area (Å²) < 4.78 is 1.62. The van der Waals surface area contributed by atoms with Gasteiger partial charge in [0.25, 0.3) is 0 Å². The zero-order valence-electron chi connectivity index (χ0n) is 11.9. The number of benzene rings is 1. The van der Waals surface area contributed by atoms with Crippen LogP contribution in [0.4, 0.5) is 5.69 Å². The summed E-state index contributed by atoms with van der Waals surface area (Å²) in [5.41, 5.74) is 1.40. The third-order valence-electron chi connectivity index (χ3n) is 2.62. The van der Waals surface area contributed by atoms with Gasteiger partial charge in [-0.2, -0.15) is 5.10 Å². The van der Waals surface area contributed by atoms with Crippen molar-refractivity contribution < 1.29 is 4.79 Å². The zero-order valence-corrected chi connectivity index (χ0v) is 11.9. The van der Waals surface area contributed by atoms with Crippen molar-refractivity contribution in [2.24, 2.45) is 0 Å². The minimum atomic E-state index is -0.0945. The molecule has 0 aliphatic rings. The van der Waals surface area contributed by atoms with Gasteiger partial charge in [0.15, 0.2) is 0 Å². The smallest absolute Gasteiger partial charge is 0.238 e. The minimum Gasteiger partial charge on any atom is -0.323 e. The molecule has 6 heteroatoms. The molecule has 0 aliphatic heterocycles. The Hall–Kier alpha value is -2.21. The first-order valence-electron chi connectivity index (χ1n) is 6.44. The molecule has 2 aromatic rings. The Morgan fingerprint density at radius 1 is 1.30 bits per heavy atom. The van der Waals surface area contributed by atoms with Crippen LogP contribution in [-0.4, -0.2) is 32.8 Å². The number of hydrogen-bond donors (Lipinski definition) is 2. The summed E-state index contributed by atoms with van der Waals surface area (Å²) in [4.78, 5) is 15.9. The van der Waals surface area contributed by atoms with E-state index in [2.05, 4.69) is 20.7 Å². The summed E-state index contributed by atoms with van der Waals surface area (Å²) >= 11 is 0. The maximum Gasteiger partial charge on any atom is 0.238 e. The number of anilines is 1. The Balaban J connectivity index is 2.08. The highest BCUT2D eigenvalue weighted by molar-refractivity contribution is 5.94. The van der Waals surface area contributed by atoms with Crippen LogP contribution in [0.3, 0.4) is 0 Å². The highest BCUT2D eigenvalue weighted by atomic mass is 16.1. The van der Waals surface area contributed by atoms with Crippen molar-refractivity contribution in [2.45, 2.75) is 26.3 Å². The number of aromatic nitrogens is 3. The normalized spacial score (nSPS) is 11.3. The van der Waals surface area contributed by atoms with Crippen LogP contribution in [0.1, 0.15) is 20.8 Å². The summed E-state index contributed by atoms with van der Waals surface area (Å²) in [5.74, 6) is -0.0903. The highest BCUT2D eigenvalue weighted by Crippen LogP contribution is 2.18. The van der Waals surface area contributed by atoms with Crippen molar-refractivity contribution in [3.05, 3.63) is 36.9 Å². The summed E-state index contributed by atoms with van der Waals surface area (Å²) in [7, 11) is 0. The third kappa shape index (κ3) is 3.89. The number of hydrogen-bond acceptors (Lipinski definition) is 4. The van der Waals surface area contributed by atoms with Crippen LogP contribution in [0.5, 0.6) is 0 Å². The van der Waals surface area contributed by atoms with Gasteiger partial charge in [0.05, 0.1) is 17.9 Å². The Morgan fingerprint density at radius 2 is 2.05 bits per heavy atom. The van der Waals surface area contributed by atoms with Crippen molar-refractivity contribution in [1.29, 1.82) is 0 Å². The van der Waals surface area contributed by atoms with E-state index in [0.29, 0.717) is 5.69 Å². The molecule has 0 atom stereocenters. The van der Waals surface area contributed by atoms with Gasteiger partial charge in [-0.1, -0.05) is 12.1 Å². The molecule has 6 nitrogen and oxygen atoms in total. The Bertz CT molecular complexity index is 572.